The minimum Gasteiger partial charge on any atom is -0.306 e. The lowest BCUT2D eigenvalue weighted by molar-refractivity contribution is 0.793. The molecule has 0 spiro atoms. The monoisotopic (exact) mass is 364 g/mol. The molecule has 1 N–H and O–H groups in total. The molecule has 1 fully saturated rings. The highest BCUT2D eigenvalue weighted by Crippen LogP contribution is 2.29. The number of H-pyrrole nitrogens is 1. The first-order valence-electron chi connectivity index (χ1n) is 9.37. The van der Waals surface area contributed by atoms with Crippen LogP contribution in [0, 0.1) is 6.92 Å². The van der Waals surface area contributed by atoms with Gasteiger partial charge in [-0.3, -0.25) is 4.57 Å². The second kappa shape index (κ2) is 7.50. The van der Waals surface area contributed by atoms with Crippen molar-refractivity contribution in [2.45, 2.75) is 45.6 Å². The van der Waals surface area contributed by atoms with Crippen LogP contribution in [-0.2, 0) is 6.54 Å². The maximum atomic E-state index is 12.2. The predicted molar refractivity (Wildman–Crippen MR) is 111 cm³/mol. The van der Waals surface area contributed by atoms with Crippen LogP contribution in [0.4, 0.5) is 0 Å². The Kier molecular flexibility index (Phi) is 4.93. The highest BCUT2D eigenvalue weighted by Gasteiger charge is 2.11. The van der Waals surface area contributed by atoms with E-state index >= 15 is 0 Å². The first kappa shape index (κ1) is 17.1. The third-order valence-electron chi connectivity index (χ3n) is 5.14. The van der Waals surface area contributed by atoms with Crippen LogP contribution in [0.2, 0.25) is 0 Å². The Hall–Kier alpha value is -2.33. The Morgan fingerprint density at radius 3 is 2.50 bits per heavy atom. The molecule has 134 valence electrons. The van der Waals surface area contributed by atoms with Crippen LogP contribution >= 0.6 is 11.3 Å². The van der Waals surface area contributed by atoms with E-state index in [1.54, 1.807) is 11.3 Å². The molecule has 2 aromatic carbocycles. The summed E-state index contributed by atoms with van der Waals surface area (Å²) in [7, 11) is 0. The van der Waals surface area contributed by atoms with Crippen LogP contribution in [0.15, 0.2) is 52.6 Å². The van der Waals surface area contributed by atoms with Crippen molar-refractivity contribution in [2.75, 3.05) is 0 Å². The fourth-order valence-electron chi connectivity index (χ4n) is 3.78. The molecule has 3 nitrogen and oxygen atoms in total. The summed E-state index contributed by atoms with van der Waals surface area (Å²) in [4.78, 5) is 15.1. The molecule has 4 heteroatoms. The van der Waals surface area contributed by atoms with Gasteiger partial charge < -0.3 is 4.98 Å². The number of aromatic amines is 1. The standard InChI is InChI=1S/C17H14N2OS.C5H10/c1-11-5-4-8-15-16(11)12(10-21-15)9-19-14-7-3-2-6-13(14)18-17(19)20;1-2-4-5-3-1/h2-8,10H,9H2,1H3,(H,18,20);1-5H2. The lowest BCUT2D eigenvalue weighted by Gasteiger charge is -2.04. The lowest BCUT2D eigenvalue weighted by atomic mass is 10.1. The second-order valence-electron chi connectivity index (χ2n) is 7.01. The normalized spacial score (nSPS) is 13.9. The van der Waals surface area contributed by atoms with Gasteiger partial charge in [0.15, 0.2) is 0 Å². The van der Waals surface area contributed by atoms with E-state index in [0.29, 0.717) is 6.54 Å². The summed E-state index contributed by atoms with van der Waals surface area (Å²) in [6, 6.07) is 14.1. The third kappa shape index (κ3) is 3.34. The number of thiophene rings is 1. The van der Waals surface area contributed by atoms with Gasteiger partial charge in [0.2, 0.25) is 0 Å². The maximum Gasteiger partial charge on any atom is 0.326 e. The molecule has 1 saturated carbocycles. The van der Waals surface area contributed by atoms with E-state index in [2.05, 4.69) is 35.5 Å². The molecular weight excluding hydrogens is 340 g/mol. The molecule has 26 heavy (non-hydrogen) atoms. The van der Waals surface area contributed by atoms with Gasteiger partial charge in [0.1, 0.15) is 0 Å². The van der Waals surface area contributed by atoms with Gasteiger partial charge in [0.05, 0.1) is 17.6 Å². The minimum atomic E-state index is -0.0517. The Morgan fingerprint density at radius 1 is 1.00 bits per heavy atom. The number of hydrogen-bond donors (Lipinski definition) is 1. The zero-order chi connectivity index (χ0) is 17.9. The summed E-state index contributed by atoms with van der Waals surface area (Å²) in [5.74, 6) is 0. The van der Waals surface area contributed by atoms with Crippen molar-refractivity contribution in [1.29, 1.82) is 0 Å². The zero-order valence-corrected chi connectivity index (χ0v) is 15.9. The largest absolute Gasteiger partial charge is 0.326 e. The van der Waals surface area contributed by atoms with Gasteiger partial charge in [0, 0.05) is 10.1 Å². The fourth-order valence-corrected chi connectivity index (χ4v) is 4.81. The summed E-state index contributed by atoms with van der Waals surface area (Å²) < 4.78 is 3.08. The van der Waals surface area contributed by atoms with Gasteiger partial charge >= 0.3 is 5.69 Å². The first-order valence-corrected chi connectivity index (χ1v) is 10.3. The SMILES string of the molecule is C1CCCC1.Cc1cccc2scc(Cn3c(=O)[nH]c4ccccc43)c12. The van der Waals surface area contributed by atoms with Gasteiger partial charge in [-0.05, 0) is 41.6 Å². The van der Waals surface area contributed by atoms with Crippen molar-refractivity contribution in [3.63, 3.8) is 0 Å². The van der Waals surface area contributed by atoms with Gasteiger partial charge in [-0.1, -0.05) is 56.4 Å². The van der Waals surface area contributed by atoms with E-state index in [4.69, 9.17) is 0 Å². The molecule has 2 heterocycles. The van der Waals surface area contributed by atoms with Gasteiger partial charge in [-0.15, -0.1) is 11.3 Å². The van der Waals surface area contributed by atoms with Crippen LogP contribution in [-0.4, -0.2) is 9.55 Å². The highest BCUT2D eigenvalue weighted by molar-refractivity contribution is 7.17. The average molecular weight is 365 g/mol. The van der Waals surface area contributed by atoms with Crippen LogP contribution in [0.1, 0.15) is 43.2 Å². The van der Waals surface area contributed by atoms with Crippen molar-refractivity contribution in [1.82, 2.24) is 9.55 Å². The number of para-hydroxylation sites is 2. The number of aryl methyl sites for hydroxylation is 1. The average Bonchev–Trinajstić information content (AvgIpc) is 3.39. The molecule has 0 unspecified atom stereocenters. The topological polar surface area (TPSA) is 37.8 Å². The Bertz CT molecular complexity index is 1070. The van der Waals surface area contributed by atoms with Crippen molar-refractivity contribution in [3.05, 3.63) is 69.5 Å². The summed E-state index contributed by atoms with van der Waals surface area (Å²) >= 11 is 1.74. The molecule has 0 saturated heterocycles. The third-order valence-corrected chi connectivity index (χ3v) is 6.14. The van der Waals surface area contributed by atoms with Crippen molar-refractivity contribution in [3.8, 4) is 0 Å². The molecule has 1 aliphatic carbocycles. The molecule has 0 aliphatic heterocycles. The lowest BCUT2D eigenvalue weighted by Crippen LogP contribution is -2.17. The molecular formula is C22H24N2OS. The van der Waals surface area contributed by atoms with Gasteiger partial charge in [0.25, 0.3) is 0 Å². The number of nitrogens with one attached hydrogen (secondary N) is 1. The second-order valence-corrected chi connectivity index (χ2v) is 7.92. The number of rotatable bonds is 2. The van der Waals surface area contributed by atoms with Crippen LogP contribution in [0.5, 0.6) is 0 Å². The van der Waals surface area contributed by atoms with Gasteiger partial charge in [-0.25, -0.2) is 4.79 Å². The van der Waals surface area contributed by atoms with Crippen molar-refractivity contribution in [2.24, 2.45) is 0 Å². The number of benzene rings is 2. The molecule has 0 amide bonds. The highest BCUT2D eigenvalue weighted by atomic mass is 32.1. The van der Waals surface area contributed by atoms with E-state index < -0.39 is 0 Å². The van der Waals surface area contributed by atoms with E-state index in [9.17, 15) is 4.79 Å². The Balaban J connectivity index is 0.000000292. The summed E-state index contributed by atoms with van der Waals surface area (Å²) in [5, 5.41) is 3.44. The fraction of sp³-hybridized carbons (Fsp3) is 0.318. The zero-order valence-electron chi connectivity index (χ0n) is 15.1. The number of hydrogen-bond acceptors (Lipinski definition) is 2. The molecule has 2 aromatic heterocycles. The Morgan fingerprint density at radius 2 is 1.73 bits per heavy atom. The Labute approximate surface area is 157 Å². The molecule has 0 radical (unpaired) electrons. The van der Waals surface area contributed by atoms with E-state index in [1.165, 1.54) is 53.3 Å². The summed E-state index contributed by atoms with van der Waals surface area (Å²) in [6.45, 7) is 2.73. The van der Waals surface area contributed by atoms with Crippen molar-refractivity contribution < 1.29 is 0 Å². The molecule has 0 atom stereocenters. The van der Waals surface area contributed by atoms with Crippen LogP contribution in [0.3, 0.4) is 0 Å². The van der Waals surface area contributed by atoms with E-state index in [0.717, 1.165) is 11.0 Å². The maximum absolute atomic E-state index is 12.2. The quantitative estimate of drug-likeness (QED) is 0.476. The molecule has 0 bridgehead atoms. The summed E-state index contributed by atoms with van der Waals surface area (Å²) in [6.07, 6.45) is 7.50. The van der Waals surface area contributed by atoms with Crippen LogP contribution in [0.25, 0.3) is 21.1 Å². The van der Waals surface area contributed by atoms with E-state index in [-0.39, 0.29) is 5.69 Å². The number of nitrogens with zero attached hydrogens (tertiary/aromatic N) is 1. The van der Waals surface area contributed by atoms with E-state index in [1.807, 2.05) is 28.8 Å². The first-order chi connectivity index (χ1) is 12.7. The number of aromatic nitrogens is 2. The molecule has 5 rings (SSSR count). The smallest absolute Gasteiger partial charge is 0.306 e. The van der Waals surface area contributed by atoms with Crippen LogP contribution < -0.4 is 5.69 Å². The number of fused-ring (bicyclic) bond motifs is 2. The minimum absolute atomic E-state index is 0.0517. The molecule has 1 aliphatic rings. The predicted octanol–water partition coefficient (Wildman–Crippen LogP) is 5.85. The number of imidazole rings is 1. The summed E-state index contributed by atoms with van der Waals surface area (Å²) in [5.41, 5.74) is 4.26. The van der Waals surface area contributed by atoms with Gasteiger partial charge in [-0.2, -0.15) is 0 Å². The van der Waals surface area contributed by atoms with Crippen molar-refractivity contribution >= 4 is 32.5 Å². The molecule has 4 aromatic rings.